The fraction of sp³-hybridized carbons (Fsp3) is 0.158. The van der Waals surface area contributed by atoms with Crippen LogP contribution in [0.2, 0.25) is 0 Å². The minimum atomic E-state index is -0.141. The van der Waals surface area contributed by atoms with Crippen LogP contribution in [0.5, 0.6) is 11.5 Å². The first-order valence-electron chi connectivity index (χ1n) is 7.67. The summed E-state index contributed by atoms with van der Waals surface area (Å²) < 4.78 is 10.8. The number of para-hydroxylation sites is 1. The Morgan fingerprint density at radius 1 is 1.08 bits per heavy atom. The van der Waals surface area contributed by atoms with Crippen LogP contribution in [0.3, 0.4) is 0 Å². The van der Waals surface area contributed by atoms with Crippen molar-refractivity contribution in [2.24, 2.45) is 0 Å². The van der Waals surface area contributed by atoms with Crippen molar-refractivity contribution in [3.8, 4) is 11.5 Å². The van der Waals surface area contributed by atoms with E-state index in [1.54, 1.807) is 37.6 Å². The van der Waals surface area contributed by atoms with E-state index >= 15 is 0 Å². The Balaban J connectivity index is 1.53. The van der Waals surface area contributed by atoms with Gasteiger partial charge in [-0.3, -0.25) is 9.78 Å². The van der Waals surface area contributed by atoms with Gasteiger partial charge in [0, 0.05) is 17.1 Å². The lowest BCUT2D eigenvalue weighted by Gasteiger charge is -2.10. The molecule has 0 aliphatic carbocycles. The van der Waals surface area contributed by atoms with Crippen molar-refractivity contribution in [3.05, 3.63) is 66.4 Å². The van der Waals surface area contributed by atoms with Crippen LogP contribution in [-0.2, 0) is 0 Å². The van der Waals surface area contributed by atoms with Gasteiger partial charge < -0.3 is 14.8 Å². The second kappa shape index (κ2) is 7.46. The molecule has 0 aliphatic rings. The molecule has 3 aromatic rings. The summed E-state index contributed by atoms with van der Waals surface area (Å²) in [5.74, 6) is 1.29. The number of carbonyl (C=O) groups is 1. The highest BCUT2D eigenvalue weighted by Gasteiger charge is 2.06. The van der Waals surface area contributed by atoms with Crippen LogP contribution in [0.25, 0.3) is 10.9 Å². The third kappa shape index (κ3) is 3.63. The monoisotopic (exact) mass is 322 g/mol. The van der Waals surface area contributed by atoms with E-state index in [1.807, 2.05) is 30.3 Å². The minimum Gasteiger partial charge on any atom is -0.497 e. The molecular formula is C19H18N2O3. The summed E-state index contributed by atoms with van der Waals surface area (Å²) in [5, 5.41) is 3.85. The Hall–Kier alpha value is -3.08. The fourth-order valence-electron chi connectivity index (χ4n) is 2.36. The average molecular weight is 322 g/mol. The number of nitrogens with one attached hydrogen (secondary N) is 1. The number of methoxy groups -OCH3 is 1. The maximum absolute atomic E-state index is 12.0. The second-order valence-electron chi connectivity index (χ2n) is 5.16. The summed E-state index contributed by atoms with van der Waals surface area (Å²) in [7, 11) is 1.59. The summed E-state index contributed by atoms with van der Waals surface area (Å²) in [6.07, 6.45) is 1.74. The van der Waals surface area contributed by atoms with E-state index in [-0.39, 0.29) is 5.91 Å². The normalized spacial score (nSPS) is 10.4. The van der Waals surface area contributed by atoms with E-state index in [4.69, 9.17) is 9.47 Å². The van der Waals surface area contributed by atoms with Crippen molar-refractivity contribution in [3.63, 3.8) is 0 Å². The molecule has 1 aromatic heterocycles. The maximum Gasteiger partial charge on any atom is 0.251 e. The van der Waals surface area contributed by atoms with Crippen LogP contribution in [0.15, 0.2) is 60.8 Å². The molecule has 0 saturated heterocycles. The molecule has 0 aliphatic heterocycles. The van der Waals surface area contributed by atoms with E-state index < -0.39 is 0 Å². The van der Waals surface area contributed by atoms with Gasteiger partial charge in [-0.25, -0.2) is 0 Å². The fourth-order valence-corrected chi connectivity index (χ4v) is 2.36. The van der Waals surface area contributed by atoms with Gasteiger partial charge in [0.25, 0.3) is 5.91 Å². The largest absolute Gasteiger partial charge is 0.497 e. The number of fused-ring (bicyclic) bond motifs is 1. The minimum absolute atomic E-state index is 0.141. The third-order valence-corrected chi connectivity index (χ3v) is 3.59. The lowest BCUT2D eigenvalue weighted by molar-refractivity contribution is 0.0947. The summed E-state index contributed by atoms with van der Waals surface area (Å²) >= 11 is 0. The van der Waals surface area contributed by atoms with Crippen LogP contribution in [0.1, 0.15) is 10.4 Å². The quantitative estimate of drug-likeness (QED) is 0.709. The van der Waals surface area contributed by atoms with Crippen LogP contribution in [0, 0.1) is 0 Å². The van der Waals surface area contributed by atoms with Crippen molar-refractivity contribution in [1.29, 1.82) is 0 Å². The molecule has 5 heteroatoms. The highest BCUT2D eigenvalue weighted by molar-refractivity contribution is 5.94. The van der Waals surface area contributed by atoms with Gasteiger partial charge in [0.15, 0.2) is 0 Å². The van der Waals surface area contributed by atoms with E-state index in [9.17, 15) is 4.79 Å². The number of amides is 1. The van der Waals surface area contributed by atoms with Crippen LogP contribution >= 0.6 is 0 Å². The lowest BCUT2D eigenvalue weighted by Crippen LogP contribution is -2.28. The molecule has 0 bridgehead atoms. The number of rotatable bonds is 6. The smallest absolute Gasteiger partial charge is 0.251 e. The predicted octanol–water partition coefficient (Wildman–Crippen LogP) is 3.05. The maximum atomic E-state index is 12.0. The zero-order valence-corrected chi connectivity index (χ0v) is 13.4. The number of pyridine rings is 1. The summed E-state index contributed by atoms with van der Waals surface area (Å²) in [6.45, 7) is 0.783. The van der Waals surface area contributed by atoms with Gasteiger partial charge >= 0.3 is 0 Å². The van der Waals surface area contributed by atoms with Crippen molar-refractivity contribution >= 4 is 16.8 Å². The molecule has 24 heavy (non-hydrogen) atoms. The van der Waals surface area contributed by atoms with Gasteiger partial charge in [-0.2, -0.15) is 0 Å². The number of hydrogen-bond acceptors (Lipinski definition) is 4. The van der Waals surface area contributed by atoms with Crippen LogP contribution in [0.4, 0.5) is 0 Å². The molecule has 0 unspecified atom stereocenters. The molecule has 122 valence electrons. The van der Waals surface area contributed by atoms with E-state index in [1.165, 1.54) is 0 Å². The zero-order valence-electron chi connectivity index (χ0n) is 13.4. The van der Waals surface area contributed by atoms with Crippen molar-refractivity contribution < 1.29 is 14.3 Å². The lowest BCUT2D eigenvalue weighted by atomic mass is 10.2. The van der Waals surface area contributed by atoms with Gasteiger partial charge in [0.1, 0.15) is 23.6 Å². The molecule has 1 heterocycles. The van der Waals surface area contributed by atoms with Gasteiger partial charge in [0.2, 0.25) is 0 Å². The van der Waals surface area contributed by atoms with Crippen LogP contribution < -0.4 is 14.8 Å². The Kier molecular flexibility index (Phi) is 4.91. The zero-order chi connectivity index (χ0) is 16.8. The Morgan fingerprint density at radius 2 is 1.88 bits per heavy atom. The first kappa shape index (κ1) is 15.8. The molecule has 0 saturated carbocycles. The highest BCUT2D eigenvalue weighted by atomic mass is 16.5. The molecule has 1 N–H and O–H groups in total. The van der Waals surface area contributed by atoms with Gasteiger partial charge in [0.05, 0.1) is 13.7 Å². The summed E-state index contributed by atoms with van der Waals surface area (Å²) in [4.78, 5) is 16.4. The number of ether oxygens (including phenoxy) is 2. The highest BCUT2D eigenvalue weighted by Crippen LogP contribution is 2.22. The Labute approximate surface area is 140 Å². The topological polar surface area (TPSA) is 60.5 Å². The SMILES string of the molecule is COc1ccc(C(=O)NCCOc2cccc3cccnc23)cc1. The standard InChI is InChI=1S/C19H18N2O3/c1-23-16-9-7-15(8-10-16)19(22)21-12-13-24-17-6-2-4-14-5-3-11-20-18(14)17/h2-11H,12-13H2,1H3,(H,21,22). The molecule has 2 aromatic carbocycles. The van der Waals surface area contributed by atoms with Crippen molar-refractivity contribution in [2.75, 3.05) is 20.3 Å². The van der Waals surface area contributed by atoms with E-state index in [0.717, 1.165) is 16.7 Å². The molecule has 1 amide bonds. The second-order valence-corrected chi connectivity index (χ2v) is 5.16. The molecule has 0 fully saturated rings. The van der Waals surface area contributed by atoms with E-state index in [2.05, 4.69) is 10.3 Å². The van der Waals surface area contributed by atoms with Crippen LogP contribution in [-0.4, -0.2) is 31.2 Å². The summed E-state index contributed by atoms with van der Waals surface area (Å²) in [5.41, 5.74) is 1.41. The van der Waals surface area contributed by atoms with Gasteiger partial charge in [-0.05, 0) is 36.4 Å². The summed E-state index contributed by atoms with van der Waals surface area (Å²) in [6, 6.07) is 16.6. The number of aromatic nitrogens is 1. The molecule has 0 radical (unpaired) electrons. The number of carbonyl (C=O) groups excluding carboxylic acids is 1. The van der Waals surface area contributed by atoms with Gasteiger partial charge in [-0.1, -0.05) is 18.2 Å². The Bertz CT molecular complexity index is 826. The molecular weight excluding hydrogens is 304 g/mol. The average Bonchev–Trinajstić information content (AvgIpc) is 2.65. The Morgan fingerprint density at radius 3 is 2.67 bits per heavy atom. The van der Waals surface area contributed by atoms with E-state index in [0.29, 0.717) is 24.5 Å². The predicted molar refractivity (Wildman–Crippen MR) is 92.6 cm³/mol. The first-order chi connectivity index (χ1) is 11.8. The number of hydrogen-bond donors (Lipinski definition) is 1. The van der Waals surface area contributed by atoms with Gasteiger partial charge in [-0.15, -0.1) is 0 Å². The first-order valence-corrected chi connectivity index (χ1v) is 7.67. The van der Waals surface area contributed by atoms with Crippen molar-refractivity contribution in [2.45, 2.75) is 0 Å². The number of nitrogens with zero attached hydrogens (tertiary/aromatic N) is 1. The third-order valence-electron chi connectivity index (χ3n) is 3.59. The molecule has 0 spiro atoms. The molecule has 5 nitrogen and oxygen atoms in total. The van der Waals surface area contributed by atoms with Crippen molar-refractivity contribution in [1.82, 2.24) is 10.3 Å². The molecule has 3 rings (SSSR count). The number of benzene rings is 2. The molecule has 0 atom stereocenters.